The Morgan fingerprint density at radius 3 is 2.71 bits per heavy atom. The van der Waals surface area contributed by atoms with Gasteiger partial charge in [-0.05, 0) is 19.8 Å². The summed E-state index contributed by atoms with van der Waals surface area (Å²) in [6, 6.07) is -0.183. The molecule has 0 aromatic carbocycles. The first-order valence-electron chi connectivity index (χ1n) is 5.65. The Morgan fingerprint density at radius 1 is 1.59 bits per heavy atom. The van der Waals surface area contributed by atoms with Crippen molar-refractivity contribution in [2.45, 2.75) is 25.8 Å². The van der Waals surface area contributed by atoms with Gasteiger partial charge in [-0.15, -0.1) is 6.42 Å². The molecule has 1 N–H and O–H groups in total. The largest absolute Gasteiger partial charge is 0.481 e. The molecule has 0 aromatic heterocycles. The summed E-state index contributed by atoms with van der Waals surface area (Å²) in [6.45, 7) is 2.62. The fourth-order valence-corrected chi connectivity index (χ4v) is 2.10. The van der Waals surface area contributed by atoms with Gasteiger partial charge in [0.25, 0.3) is 0 Å². The van der Waals surface area contributed by atoms with E-state index in [1.54, 1.807) is 11.9 Å². The molecule has 5 nitrogen and oxygen atoms in total. The van der Waals surface area contributed by atoms with Crippen LogP contribution in [-0.2, 0) is 4.79 Å². The normalized spacial score (nSPS) is 23.9. The minimum atomic E-state index is -0.777. The van der Waals surface area contributed by atoms with Crippen LogP contribution >= 0.6 is 0 Å². The number of piperidine rings is 1. The lowest BCUT2D eigenvalue weighted by atomic mass is 9.92. The molecule has 1 aliphatic rings. The third kappa shape index (κ3) is 3.13. The Morgan fingerprint density at radius 2 is 2.24 bits per heavy atom. The van der Waals surface area contributed by atoms with Gasteiger partial charge in [-0.1, -0.05) is 5.92 Å². The molecule has 1 fully saturated rings. The van der Waals surface area contributed by atoms with Crippen LogP contribution in [0.5, 0.6) is 0 Å². The molecule has 1 saturated heterocycles. The predicted octanol–water partition coefficient (Wildman–Crippen LogP) is 0.857. The lowest BCUT2D eigenvalue weighted by Gasteiger charge is -2.38. The van der Waals surface area contributed by atoms with Crippen molar-refractivity contribution in [2.24, 2.45) is 5.92 Å². The lowest BCUT2D eigenvalue weighted by Crippen LogP contribution is -2.50. The van der Waals surface area contributed by atoms with Crippen molar-refractivity contribution in [1.29, 1.82) is 0 Å². The van der Waals surface area contributed by atoms with Gasteiger partial charge in [-0.25, -0.2) is 4.79 Å². The molecule has 0 saturated carbocycles. The van der Waals surface area contributed by atoms with Crippen molar-refractivity contribution in [3.05, 3.63) is 0 Å². The lowest BCUT2D eigenvalue weighted by molar-refractivity contribution is -0.143. The summed E-state index contributed by atoms with van der Waals surface area (Å²) in [4.78, 5) is 26.0. The standard InChI is InChI=1S/C12H18N2O3/c1-4-6-13(3)12(17)14-7-5-10(11(15)16)8-9(14)2/h1,9-10H,5-8H2,2-3H3,(H,15,16). The number of terminal acetylenes is 1. The van der Waals surface area contributed by atoms with E-state index in [-0.39, 0.29) is 24.5 Å². The van der Waals surface area contributed by atoms with E-state index in [4.69, 9.17) is 11.5 Å². The second-order valence-electron chi connectivity index (χ2n) is 4.44. The second-order valence-corrected chi connectivity index (χ2v) is 4.44. The highest BCUT2D eigenvalue weighted by molar-refractivity contribution is 5.76. The maximum absolute atomic E-state index is 12.0. The highest BCUT2D eigenvalue weighted by Crippen LogP contribution is 2.23. The Balaban J connectivity index is 2.61. The van der Waals surface area contributed by atoms with Gasteiger partial charge in [0.05, 0.1) is 12.5 Å². The van der Waals surface area contributed by atoms with Crippen LogP contribution in [0.3, 0.4) is 0 Å². The number of rotatable bonds is 2. The topological polar surface area (TPSA) is 60.9 Å². The van der Waals surface area contributed by atoms with Crippen LogP contribution in [0.25, 0.3) is 0 Å². The quantitative estimate of drug-likeness (QED) is 0.726. The summed E-state index contributed by atoms with van der Waals surface area (Å²) in [6.07, 6.45) is 6.17. The van der Waals surface area contributed by atoms with Gasteiger partial charge in [0.1, 0.15) is 0 Å². The number of hydrogen-bond donors (Lipinski definition) is 1. The van der Waals surface area contributed by atoms with Gasteiger partial charge >= 0.3 is 12.0 Å². The summed E-state index contributed by atoms with van der Waals surface area (Å²) >= 11 is 0. The van der Waals surface area contributed by atoms with Crippen LogP contribution in [-0.4, -0.2) is 53.1 Å². The molecular weight excluding hydrogens is 220 g/mol. The van der Waals surface area contributed by atoms with Gasteiger partial charge in [-0.2, -0.15) is 0 Å². The van der Waals surface area contributed by atoms with E-state index >= 15 is 0 Å². The van der Waals surface area contributed by atoms with E-state index in [2.05, 4.69) is 5.92 Å². The average Bonchev–Trinajstić information content (AvgIpc) is 2.28. The molecule has 17 heavy (non-hydrogen) atoms. The molecule has 1 aliphatic heterocycles. The number of amides is 2. The minimum Gasteiger partial charge on any atom is -0.481 e. The number of hydrogen-bond acceptors (Lipinski definition) is 2. The number of likely N-dealkylation sites (tertiary alicyclic amines) is 1. The molecule has 94 valence electrons. The highest BCUT2D eigenvalue weighted by atomic mass is 16.4. The molecule has 1 rings (SSSR count). The summed E-state index contributed by atoms with van der Waals surface area (Å²) in [5.41, 5.74) is 0. The van der Waals surface area contributed by atoms with Crippen LogP contribution < -0.4 is 0 Å². The van der Waals surface area contributed by atoms with E-state index in [0.29, 0.717) is 19.4 Å². The SMILES string of the molecule is C#CCN(C)C(=O)N1CCC(C(=O)O)CC1C. The van der Waals surface area contributed by atoms with Crippen molar-refractivity contribution in [2.75, 3.05) is 20.1 Å². The van der Waals surface area contributed by atoms with Crippen LogP contribution in [0.1, 0.15) is 19.8 Å². The number of carbonyl (C=O) groups is 2. The monoisotopic (exact) mass is 238 g/mol. The van der Waals surface area contributed by atoms with Crippen LogP contribution in [0.4, 0.5) is 4.79 Å². The van der Waals surface area contributed by atoms with Crippen LogP contribution in [0, 0.1) is 18.3 Å². The molecule has 0 aromatic rings. The van der Waals surface area contributed by atoms with E-state index in [9.17, 15) is 9.59 Å². The number of carboxylic acid groups (broad SMARTS) is 1. The fraction of sp³-hybridized carbons (Fsp3) is 0.667. The molecule has 1 heterocycles. The van der Waals surface area contributed by atoms with Crippen molar-refractivity contribution in [3.8, 4) is 12.3 Å². The van der Waals surface area contributed by atoms with Crippen LogP contribution in [0.2, 0.25) is 0 Å². The highest BCUT2D eigenvalue weighted by Gasteiger charge is 2.33. The fourth-order valence-electron chi connectivity index (χ4n) is 2.10. The molecule has 2 atom stereocenters. The zero-order chi connectivity index (χ0) is 13.0. The van der Waals surface area contributed by atoms with Crippen molar-refractivity contribution < 1.29 is 14.7 Å². The Bertz CT molecular complexity index is 348. The Kier molecular flexibility index (Phi) is 4.38. The maximum atomic E-state index is 12.0. The predicted molar refractivity (Wildman–Crippen MR) is 63.4 cm³/mol. The first-order chi connectivity index (χ1) is 7.97. The minimum absolute atomic E-state index is 0.0578. The van der Waals surface area contributed by atoms with Crippen molar-refractivity contribution in [3.63, 3.8) is 0 Å². The van der Waals surface area contributed by atoms with Crippen LogP contribution in [0.15, 0.2) is 0 Å². The summed E-state index contributed by atoms with van der Waals surface area (Å²) < 4.78 is 0. The maximum Gasteiger partial charge on any atom is 0.320 e. The number of nitrogens with zero attached hydrogens (tertiary/aromatic N) is 2. The van der Waals surface area contributed by atoms with Gasteiger partial charge in [0, 0.05) is 19.6 Å². The van der Waals surface area contributed by atoms with E-state index in [1.165, 1.54) is 4.90 Å². The third-order valence-corrected chi connectivity index (χ3v) is 3.13. The van der Waals surface area contributed by atoms with E-state index < -0.39 is 5.97 Å². The number of carboxylic acids is 1. The number of urea groups is 1. The molecule has 5 heteroatoms. The first kappa shape index (κ1) is 13.4. The Hall–Kier alpha value is -1.70. The molecule has 0 aliphatic carbocycles. The molecular formula is C12H18N2O3. The molecule has 2 amide bonds. The van der Waals surface area contributed by atoms with E-state index in [1.807, 2.05) is 6.92 Å². The zero-order valence-electron chi connectivity index (χ0n) is 10.2. The zero-order valence-corrected chi connectivity index (χ0v) is 10.2. The van der Waals surface area contributed by atoms with Gasteiger partial charge in [-0.3, -0.25) is 4.79 Å². The number of carbonyl (C=O) groups excluding carboxylic acids is 1. The van der Waals surface area contributed by atoms with Crippen molar-refractivity contribution >= 4 is 12.0 Å². The molecule has 0 radical (unpaired) electrons. The Labute approximate surface area is 101 Å². The summed E-state index contributed by atoms with van der Waals surface area (Å²) in [7, 11) is 1.65. The van der Waals surface area contributed by atoms with Crippen molar-refractivity contribution in [1.82, 2.24) is 9.80 Å². The van der Waals surface area contributed by atoms with Gasteiger partial charge < -0.3 is 14.9 Å². The van der Waals surface area contributed by atoms with Gasteiger partial charge in [0.15, 0.2) is 0 Å². The summed E-state index contributed by atoms with van der Waals surface area (Å²) in [5.74, 6) is 1.30. The second kappa shape index (κ2) is 5.58. The molecule has 2 unspecified atom stereocenters. The first-order valence-corrected chi connectivity index (χ1v) is 5.65. The number of aliphatic carboxylic acids is 1. The van der Waals surface area contributed by atoms with E-state index in [0.717, 1.165) is 0 Å². The summed E-state index contributed by atoms with van der Waals surface area (Å²) in [5, 5.41) is 8.93. The third-order valence-electron chi connectivity index (χ3n) is 3.13. The molecule has 0 bridgehead atoms. The van der Waals surface area contributed by atoms with Gasteiger partial charge in [0.2, 0.25) is 0 Å². The molecule has 0 spiro atoms. The average molecular weight is 238 g/mol. The smallest absolute Gasteiger partial charge is 0.320 e.